The van der Waals surface area contributed by atoms with Crippen LogP contribution < -0.4 is 5.32 Å². The number of pyridine rings is 1. The molecule has 30 heavy (non-hydrogen) atoms. The molecular weight excluding hydrogens is 374 g/mol. The average molecular weight is 402 g/mol. The third-order valence-electron chi connectivity index (χ3n) is 5.91. The SMILES string of the molecule is Cc1noc(C)c1CCC(=O)NC1(C#Cc2cnc3ccccc3c2)CCCCC1. The number of carbonyl (C=O) groups excluding carboxylic acids is 1. The van der Waals surface area contributed by atoms with Crippen molar-refractivity contribution in [1.29, 1.82) is 0 Å². The molecule has 2 aromatic heterocycles. The van der Waals surface area contributed by atoms with E-state index in [4.69, 9.17) is 4.52 Å². The Morgan fingerprint density at radius 3 is 2.77 bits per heavy atom. The molecule has 3 aromatic rings. The second-order valence-electron chi connectivity index (χ2n) is 8.16. The second kappa shape index (κ2) is 8.71. The van der Waals surface area contributed by atoms with Crippen molar-refractivity contribution in [2.45, 2.75) is 64.3 Å². The van der Waals surface area contributed by atoms with Crippen molar-refractivity contribution in [1.82, 2.24) is 15.5 Å². The molecule has 0 radical (unpaired) electrons. The zero-order valence-electron chi connectivity index (χ0n) is 17.6. The maximum atomic E-state index is 12.8. The first-order valence-electron chi connectivity index (χ1n) is 10.7. The monoisotopic (exact) mass is 401 g/mol. The number of rotatable bonds is 4. The summed E-state index contributed by atoms with van der Waals surface area (Å²) in [5, 5.41) is 8.30. The van der Waals surface area contributed by atoms with E-state index in [-0.39, 0.29) is 5.91 Å². The van der Waals surface area contributed by atoms with E-state index >= 15 is 0 Å². The number of benzene rings is 1. The quantitative estimate of drug-likeness (QED) is 0.647. The van der Waals surface area contributed by atoms with Gasteiger partial charge in [0.1, 0.15) is 11.3 Å². The summed E-state index contributed by atoms with van der Waals surface area (Å²) in [5.41, 5.74) is 3.26. The van der Waals surface area contributed by atoms with Crippen LogP contribution in [0.3, 0.4) is 0 Å². The van der Waals surface area contributed by atoms with Crippen molar-refractivity contribution in [2.24, 2.45) is 0 Å². The predicted molar refractivity (Wildman–Crippen MR) is 117 cm³/mol. The molecule has 0 aliphatic heterocycles. The van der Waals surface area contributed by atoms with Crippen LogP contribution in [0.25, 0.3) is 10.9 Å². The Morgan fingerprint density at radius 1 is 1.20 bits per heavy atom. The summed E-state index contributed by atoms with van der Waals surface area (Å²) in [4.78, 5) is 17.3. The van der Waals surface area contributed by atoms with Gasteiger partial charge in [0.15, 0.2) is 0 Å². The predicted octanol–water partition coefficient (Wildman–Crippen LogP) is 4.64. The highest BCUT2D eigenvalue weighted by Gasteiger charge is 2.31. The molecule has 0 saturated heterocycles. The molecular formula is C25H27N3O2. The van der Waals surface area contributed by atoms with Crippen LogP contribution in [0.1, 0.15) is 61.1 Å². The molecule has 4 rings (SSSR count). The molecule has 1 saturated carbocycles. The summed E-state index contributed by atoms with van der Waals surface area (Å²) in [6.45, 7) is 3.80. The minimum absolute atomic E-state index is 0.0304. The number of para-hydroxylation sites is 1. The number of carbonyl (C=O) groups is 1. The largest absolute Gasteiger partial charge is 0.361 e. The highest BCUT2D eigenvalue weighted by Crippen LogP contribution is 2.28. The van der Waals surface area contributed by atoms with Crippen LogP contribution in [-0.4, -0.2) is 21.6 Å². The molecule has 0 atom stereocenters. The minimum atomic E-state index is -0.459. The first-order valence-corrected chi connectivity index (χ1v) is 10.7. The Labute approximate surface area is 177 Å². The maximum absolute atomic E-state index is 12.8. The molecule has 0 unspecified atom stereocenters. The Balaban J connectivity index is 1.50. The van der Waals surface area contributed by atoms with Gasteiger partial charge in [0.25, 0.3) is 0 Å². The Kier molecular flexibility index (Phi) is 5.85. The van der Waals surface area contributed by atoms with Crippen molar-refractivity contribution in [3.8, 4) is 11.8 Å². The van der Waals surface area contributed by atoms with Gasteiger partial charge in [-0.15, -0.1) is 0 Å². The van der Waals surface area contributed by atoms with Gasteiger partial charge in [0.05, 0.1) is 11.2 Å². The van der Waals surface area contributed by atoms with Crippen molar-refractivity contribution in [3.05, 3.63) is 59.1 Å². The molecule has 154 valence electrons. The van der Waals surface area contributed by atoms with Gasteiger partial charge >= 0.3 is 0 Å². The van der Waals surface area contributed by atoms with Gasteiger partial charge in [0, 0.05) is 29.1 Å². The minimum Gasteiger partial charge on any atom is -0.361 e. The number of hydrogen-bond donors (Lipinski definition) is 1. The normalized spacial score (nSPS) is 15.4. The van der Waals surface area contributed by atoms with E-state index in [0.717, 1.165) is 59.2 Å². The lowest BCUT2D eigenvalue weighted by atomic mass is 9.81. The number of aryl methyl sites for hydroxylation is 2. The number of fused-ring (bicyclic) bond motifs is 1. The Bertz CT molecular complexity index is 1090. The summed E-state index contributed by atoms with van der Waals surface area (Å²) in [6, 6.07) is 10.1. The van der Waals surface area contributed by atoms with Crippen LogP contribution in [0.15, 0.2) is 41.1 Å². The standard InChI is InChI=1S/C25H27N3O2/c1-18-22(19(2)30-28-18)10-11-24(29)27-25(13-6-3-7-14-25)15-12-20-16-21-8-4-5-9-23(21)26-17-20/h4-5,8-9,16-17H,3,6-7,10-11,13-14H2,1-2H3,(H,27,29). The third kappa shape index (κ3) is 4.54. The van der Waals surface area contributed by atoms with Crippen LogP contribution in [-0.2, 0) is 11.2 Å². The maximum Gasteiger partial charge on any atom is 0.221 e. The van der Waals surface area contributed by atoms with E-state index in [2.05, 4.69) is 33.4 Å². The number of nitrogens with one attached hydrogen (secondary N) is 1. The van der Waals surface area contributed by atoms with Gasteiger partial charge in [-0.1, -0.05) is 54.5 Å². The second-order valence-corrected chi connectivity index (χ2v) is 8.16. The van der Waals surface area contributed by atoms with Crippen LogP contribution in [0.5, 0.6) is 0 Å². The average Bonchev–Trinajstić information content (AvgIpc) is 3.08. The number of aromatic nitrogens is 2. The highest BCUT2D eigenvalue weighted by molar-refractivity contribution is 5.80. The number of nitrogens with zero attached hydrogens (tertiary/aromatic N) is 2. The molecule has 0 spiro atoms. The molecule has 5 nitrogen and oxygen atoms in total. The fraction of sp³-hybridized carbons (Fsp3) is 0.400. The molecule has 1 amide bonds. The van der Waals surface area contributed by atoms with Crippen LogP contribution in [0, 0.1) is 25.7 Å². The van der Waals surface area contributed by atoms with E-state index in [9.17, 15) is 4.79 Å². The molecule has 1 fully saturated rings. The third-order valence-corrected chi connectivity index (χ3v) is 5.91. The number of hydrogen-bond acceptors (Lipinski definition) is 4. The lowest BCUT2D eigenvalue weighted by Crippen LogP contribution is -2.48. The summed E-state index contributed by atoms with van der Waals surface area (Å²) in [5.74, 6) is 7.52. The summed E-state index contributed by atoms with van der Waals surface area (Å²) >= 11 is 0. The molecule has 1 aromatic carbocycles. The molecule has 1 aliphatic rings. The smallest absolute Gasteiger partial charge is 0.221 e. The van der Waals surface area contributed by atoms with Crippen LogP contribution in [0.2, 0.25) is 0 Å². The first-order chi connectivity index (χ1) is 14.5. The van der Waals surface area contributed by atoms with Gasteiger partial charge < -0.3 is 9.84 Å². The summed E-state index contributed by atoms with van der Waals surface area (Å²) < 4.78 is 5.21. The first kappa shape index (κ1) is 20.2. The fourth-order valence-corrected chi connectivity index (χ4v) is 4.19. The van der Waals surface area contributed by atoms with Gasteiger partial charge in [-0.2, -0.15) is 0 Å². The topological polar surface area (TPSA) is 68.0 Å². The van der Waals surface area contributed by atoms with E-state index in [1.54, 1.807) is 0 Å². The van der Waals surface area contributed by atoms with Gasteiger partial charge in [-0.25, -0.2) is 0 Å². The molecule has 1 N–H and O–H groups in total. The van der Waals surface area contributed by atoms with Crippen molar-refractivity contribution in [2.75, 3.05) is 0 Å². The molecule has 1 aliphatic carbocycles. The molecule has 2 heterocycles. The van der Waals surface area contributed by atoms with Crippen molar-refractivity contribution in [3.63, 3.8) is 0 Å². The van der Waals surface area contributed by atoms with E-state index in [1.165, 1.54) is 6.42 Å². The molecule has 0 bridgehead atoms. The zero-order chi connectivity index (χ0) is 21.0. The van der Waals surface area contributed by atoms with Crippen LogP contribution >= 0.6 is 0 Å². The lowest BCUT2D eigenvalue weighted by Gasteiger charge is -2.33. The van der Waals surface area contributed by atoms with Gasteiger partial charge in [-0.3, -0.25) is 9.78 Å². The number of amides is 1. The van der Waals surface area contributed by atoms with E-state index < -0.39 is 5.54 Å². The lowest BCUT2D eigenvalue weighted by molar-refractivity contribution is -0.122. The summed E-state index contributed by atoms with van der Waals surface area (Å²) in [6.07, 6.45) is 7.97. The van der Waals surface area contributed by atoms with E-state index in [1.807, 2.05) is 44.3 Å². The fourth-order valence-electron chi connectivity index (χ4n) is 4.19. The van der Waals surface area contributed by atoms with Crippen molar-refractivity contribution >= 4 is 16.8 Å². The van der Waals surface area contributed by atoms with Gasteiger partial charge in [-0.05, 0) is 45.2 Å². The molecule has 5 heteroatoms. The Hall–Kier alpha value is -3.13. The summed E-state index contributed by atoms with van der Waals surface area (Å²) in [7, 11) is 0. The van der Waals surface area contributed by atoms with Crippen molar-refractivity contribution < 1.29 is 9.32 Å². The highest BCUT2D eigenvalue weighted by atomic mass is 16.5. The van der Waals surface area contributed by atoms with E-state index in [0.29, 0.717) is 12.8 Å². The zero-order valence-corrected chi connectivity index (χ0v) is 17.6. The van der Waals surface area contributed by atoms with Gasteiger partial charge in [0.2, 0.25) is 5.91 Å². The van der Waals surface area contributed by atoms with Crippen LogP contribution in [0.4, 0.5) is 0 Å². The Morgan fingerprint density at radius 2 is 2.00 bits per heavy atom.